The standard InChI is InChI=1S/C18H24ClN3O/c1-4-6-10-22(9-5-2)13-15(12-20)18(23)21-17-11-16(19)8-7-14(17)3/h7-8,11,13H,4-6,9-10H2,1-3H3,(H,21,23)/b15-13-. The van der Waals surface area contributed by atoms with Crippen LogP contribution < -0.4 is 5.32 Å². The van der Waals surface area contributed by atoms with Gasteiger partial charge in [-0.15, -0.1) is 0 Å². The summed E-state index contributed by atoms with van der Waals surface area (Å²) >= 11 is 5.96. The number of nitrogens with one attached hydrogen (secondary N) is 1. The maximum absolute atomic E-state index is 12.3. The third-order valence-electron chi connectivity index (χ3n) is 3.43. The Morgan fingerprint density at radius 2 is 2.09 bits per heavy atom. The lowest BCUT2D eigenvalue weighted by Gasteiger charge is -2.20. The van der Waals surface area contributed by atoms with Gasteiger partial charge in [0.05, 0.1) is 0 Å². The number of carbonyl (C=O) groups is 1. The number of hydrogen-bond donors (Lipinski definition) is 1. The van der Waals surface area contributed by atoms with Crippen LogP contribution in [-0.2, 0) is 4.79 Å². The summed E-state index contributed by atoms with van der Waals surface area (Å²) in [7, 11) is 0. The quantitative estimate of drug-likeness (QED) is 0.562. The zero-order valence-electron chi connectivity index (χ0n) is 14.0. The first-order valence-electron chi connectivity index (χ1n) is 7.95. The molecule has 0 aliphatic carbocycles. The van der Waals surface area contributed by atoms with Gasteiger partial charge in [0.15, 0.2) is 0 Å². The topological polar surface area (TPSA) is 56.1 Å². The summed E-state index contributed by atoms with van der Waals surface area (Å²) in [5.41, 5.74) is 1.63. The number of amides is 1. The molecule has 0 aliphatic heterocycles. The molecule has 0 radical (unpaired) electrons. The lowest BCUT2D eigenvalue weighted by molar-refractivity contribution is -0.112. The largest absolute Gasteiger partial charge is 0.376 e. The maximum Gasteiger partial charge on any atom is 0.267 e. The van der Waals surface area contributed by atoms with E-state index in [0.29, 0.717) is 10.7 Å². The Morgan fingerprint density at radius 3 is 2.70 bits per heavy atom. The minimum Gasteiger partial charge on any atom is -0.376 e. The van der Waals surface area contributed by atoms with Gasteiger partial charge < -0.3 is 10.2 Å². The lowest BCUT2D eigenvalue weighted by Crippen LogP contribution is -2.23. The van der Waals surface area contributed by atoms with Gasteiger partial charge >= 0.3 is 0 Å². The second kappa shape index (κ2) is 9.91. The van der Waals surface area contributed by atoms with Gasteiger partial charge in [-0.2, -0.15) is 5.26 Å². The number of rotatable bonds is 8. The number of nitrogens with zero attached hydrogens (tertiary/aromatic N) is 2. The minimum atomic E-state index is -0.407. The third kappa shape index (κ3) is 6.33. The highest BCUT2D eigenvalue weighted by molar-refractivity contribution is 6.31. The molecule has 0 aromatic heterocycles. The Hall–Kier alpha value is -1.99. The fraction of sp³-hybridized carbons (Fsp3) is 0.444. The highest BCUT2D eigenvalue weighted by Gasteiger charge is 2.12. The second-order valence-electron chi connectivity index (χ2n) is 5.46. The molecule has 0 aliphatic rings. The molecule has 1 rings (SSSR count). The van der Waals surface area contributed by atoms with Crippen molar-refractivity contribution >= 4 is 23.2 Å². The van der Waals surface area contributed by atoms with Crippen LogP contribution in [0.1, 0.15) is 38.7 Å². The molecule has 0 saturated carbocycles. The van der Waals surface area contributed by atoms with E-state index in [1.165, 1.54) is 0 Å². The van der Waals surface area contributed by atoms with Crippen LogP contribution in [0.15, 0.2) is 30.0 Å². The number of unbranched alkanes of at least 4 members (excludes halogenated alkanes) is 1. The van der Waals surface area contributed by atoms with Crippen molar-refractivity contribution < 1.29 is 4.79 Å². The summed E-state index contributed by atoms with van der Waals surface area (Å²) in [6, 6.07) is 7.28. The highest BCUT2D eigenvalue weighted by atomic mass is 35.5. The first-order valence-corrected chi connectivity index (χ1v) is 8.33. The molecule has 1 aromatic carbocycles. The van der Waals surface area contributed by atoms with Gasteiger partial charge in [0.1, 0.15) is 11.6 Å². The fourth-order valence-electron chi connectivity index (χ4n) is 2.13. The van der Waals surface area contributed by atoms with Crippen molar-refractivity contribution in [2.75, 3.05) is 18.4 Å². The zero-order chi connectivity index (χ0) is 17.2. The molecular formula is C18H24ClN3O. The van der Waals surface area contributed by atoms with Gasteiger partial charge in [0.2, 0.25) is 0 Å². The Morgan fingerprint density at radius 1 is 1.35 bits per heavy atom. The average molecular weight is 334 g/mol. The van der Waals surface area contributed by atoms with E-state index in [1.54, 1.807) is 18.3 Å². The van der Waals surface area contributed by atoms with Gasteiger partial charge in [-0.3, -0.25) is 4.79 Å². The molecule has 0 heterocycles. The van der Waals surface area contributed by atoms with Crippen molar-refractivity contribution in [3.05, 3.63) is 40.6 Å². The summed E-state index contributed by atoms with van der Waals surface area (Å²) in [6.07, 6.45) is 4.73. The van der Waals surface area contributed by atoms with Crippen molar-refractivity contribution in [1.82, 2.24) is 4.90 Å². The Balaban J connectivity index is 2.90. The SMILES string of the molecule is CCCCN(/C=C(/C#N)C(=O)Nc1cc(Cl)ccc1C)CCC. The van der Waals surface area contributed by atoms with Crippen molar-refractivity contribution in [3.8, 4) is 6.07 Å². The van der Waals surface area contributed by atoms with Crippen molar-refractivity contribution in [2.24, 2.45) is 0 Å². The normalized spacial score (nSPS) is 11.0. The molecule has 4 nitrogen and oxygen atoms in total. The molecule has 5 heteroatoms. The summed E-state index contributed by atoms with van der Waals surface area (Å²) < 4.78 is 0. The number of halogens is 1. The van der Waals surface area contributed by atoms with Crippen LogP contribution in [0.3, 0.4) is 0 Å². The second-order valence-corrected chi connectivity index (χ2v) is 5.89. The smallest absolute Gasteiger partial charge is 0.267 e. The summed E-state index contributed by atoms with van der Waals surface area (Å²) in [5.74, 6) is -0.407. The van der Waals surface area contributed by atoms with Gasteiger partial charge in [-0.05, 0) is 37.5 Å². The van der Waals surface area contributed by atoms with Crippen LogP contribution in [-0.4, -0.2) is 23.9 Å². The first kappa shape index (κ1) is 19.1. The van der Waals surface area contributed by atoms with Crippen LogP contribution >= 0.6 is 11.6 Å². The lowest BCUT2D eigenvalue weighted by atomic mass is 10.2. The molecule has 1 N–H and O–H groups in total. The minimum absolute atomic E-state index is 0.105. The van der Waals surface area contributed by atoms with Crippen molar-refractivity contribution in [1.29, 1.82) is 5.26 Å². The van der Waals surface area contributed by atoms with E-state index in [0.717, 1.165) is 37.9 Å². The van der Waals surface area contributed by atoms with E-state index in [4.69, 9.17) is 11.6 Å². The summed E-state index contributed by atoms with van der Waals surface area (Å²) in [5, 5.41) is 12.6. The van der Waals surface area contributed by atoms with Gasteiger partial charge in [-0.1, -0.05) is 37.9 Å². The van der Waals surface area contributed by atoms with E-state index in [-0.39, 0.29) is 5.57 Å². The van der Waals surface area contributed by atoms with Crippen LogP contribution in [0.5, 0.6) is 0 Å². The third-order valence-corrected chi connectivity index (χ3v) is 3.67. The van der Waals surface area contributed by atoms with Gasteiger partial charge in [0, 0.05) is 30.0 Å². The molecule has 0 atom stereocenters. The predicted molar refractivity (Wildman–Crippen MR) is 95.3 cm³/mol. The number of aryl methyl sites for hydroxylation is 1. The van der Waals surface area contributed by atoms with Crippen molar-refractivity contribution in [3.63, 3.8) is 0 Å². The van der Waals surface area contributed by atoms with Crippen LogP contribution in [0, 0.1) is 18.3 Å². The van der Waals surface area contributed by atoms with Crippen LogP contribution in [0.2, 0.25) is 5.02 Å². The molecular weight excluding hydrogens is 310 g/mol. The Bertz CT molecular complexity index is 605. The summed E-state index contributed by atoms with van der Waals surface area (Å²) in [4.78, 5) is 14.4. The molecule has 1 amide bonds. The van der Waals surface area contributed by atoms with E-state index in [9.17, 15) is 10.1 Å². The Kier molecular flexibility index (Phi) is 8.21. The first-order chi connectivity index (χ1) is 11.0. The zero-order valence-corrected chi connectivity index (χ0v) is 14.8. The van der Waals surface area contributed by atoms with E-state index >= 15 is 0 Å². The number of hydrogen-bond acceptors (Lipinski definition) is 3. The molecule has 124 valence electrons. The number of nitriles is 1. The molecule has 0 bridgehead atoms. The van der Waals surface area contributed by atoms with Crippen LogP contribution in [0.25, 0.3) is 0 Å². The molecule has 1 aromatic rings. The van der Waals surface area contributed by atoms with Crippen molar-refractivity contribution in [2.45, 2.75) is 40.0 Å². The number of benzene rings is 1. The molecule has 0 fully saturated rings. The molecule has 0 saturated heterocycles. The van der Waals surface area contributed by atoms with Crippen LogP contribution in [0.4, 0.5) is 5.69 Å². The Labute approximate surface area is 143 Å². The monoisotopic (exact) mass is 333 g/mol. The fourth-order valence-corrected chi connectivity index (χ4v) is 2.30. The maximum atomic E-state index is 12.3. The predicted octanol–water partition coefficient (Wildman–Crippen LogP) is 4.51. The van der Waals surface area contributed by atoms with E-state index < -0.39 is 5.91 Å². The average Bonchev–Trinajstić information content (AvgIpc) is 2.53. The summed E-state index contributed by atoms with van der Waals surface area (Å²) in [6.45, 7) is 7.75. The van der Waals surface area contributed by atoms with Gasteiger partial charge in [-0.25, -0.2) is 0 Å². The molecule has 0 unspecified atom stereocenters. The molecule has 0 spiro atoms. The van der Waals surface area contributed by atoms with Gasteiger partial charge in [0.25, 0.3) is 5.91 Å². The van der Waals surface area contributed by atoms with E-state index in [2.05, 4.69) is 19.2 Å². The highest BCUT2D eigenvalue weighted by Crippen LogP contribution is 2.20. The number of carbonyl (C=O) groups excluding carboxylic acids is 1. The number of anilines is 1. The molecule has 23 heavy (non-hydrogen) atoms. The van der Waals surface area contributed by atoms with E-state index in [1.807, 2.05) is 24.0 Å².